The number of carbonyl (C=O) groups is 2. The molecule has 0 aromatic heterocycles. The number of hydrogen-bond acceptors (Lipinski definition) is 4. The number of hydroxylamine groups is 2. The quantitative estimate of drug-likeness (QED) is 0.857. The predicted octanol–water partition coefficient (Wildman–Crippen LogP) is 2.40. The fourth-order valence-electron chi connectivity index (χ4n) is 2.75. The van der Waals surface area contributed by atoms with Gasteiger partial charge in [-0.3, -0.25) is 14.4 Å². The largest absolute Gasteiger partial charge is 0.325 e. The van der Waals surface area contributed by atoms with Gasteiger partial charge in [0.15, 0.2) is 0 Å². The van der Waals surface area contributed by atoms with Gasteiger partial charge in [-0.2, -0.15) is 0 Å². The Bertz CT molecular complexity index is 766. The second-order valence-corrected chi connectivity index (χ2v) is 6.13. The minimum absolute atomic E-state index is 0.0956. The Morgan fingerprint density at radius 1 is 1.00 bits per heavy atom. The van der Waals surface area contributed by atoms with E-state index in [2.05, 4.69) is 26.0 Å². The molecule has 3 rings (SSSR count). The second-order valence-electron chi connectivity index (χ2n) is 6.13. The van der Waals surface area contributed by atoms with Crippen molar-refractivity contribution in [3.8, 4) is 0 Å². The summed E-state index contributed by atoms with van der Waals surface area (Å²) in [5, 5.41) is 0.810. The van der Waals surface area contributed by atoms with E-state index in [0.29, 0.717) is 17.5 Å². The van der Waals surface area contributed by atoms with Gasteiger partial charge in [0.2, 0.25) is 0 Å². The molecule has 5 heteroatoms. The third-order valence-electron chi connectivity index (χ3n) is 4.24. The first kappa shape index (κ1) is 16.4. The molecule has 0 radical (unpaired) electrons. The van der Waals surface area contributed by atoms with Crippen LogP contribution in [0.15, 0.2) is 42.5 Å². The summed E-state index contributed by atoms with van der Waals surface area (Å²) in [7, 11) is 0. The number of aryl methyl sites for hydroxylation is 2. The Morgan fingerprint density at radius 2 is 1.62 bits per heavy atom. The fourth-order valence-corrected chi connectivity index (χ4v) is 2.75. The van der Waals surface area contributed by atoms with E-state index in [1.54, 1.807) is 24.3 Å². The number of nitrogens with two attached hydrogens (primary N) is 1. The van der Waals surface area contributed by atoms with Gasteiger partial charge in [0.05, 0.1) is 17.7 Å². The summed E-state index contributed by atoms with van der Waals surface area (Å²) >= 11 is 0. The number of carbonyl (C=O) groups excluding carboxylic acids is 2. The van der Waals surface area contributed by atoms with Gasteiger partial charge in [-0.05, 0) is 49.1 Å². The van der Waals surface area contributed by atoms with Crippen LogP contribution in [0.25, 0.3) is 0 Å². The zero-order valence-corrected chi connectivity index (χ0v) is 13.8. The average Bonchev–Trinajstić information content (AvgIpc) is 2.81. The lowest BCUT2D eigenvalue weighted by Gasteiger charge is -2.17. The lowest BCUT2D eigenvalue weighted by Crippen LogP contribution is -2.37. The Morgan fingerprint density at radius 3 is 2.21 bits per heavy atom. The van der Waals surface area contributed by atoms with E-state index in [0.717, 1.165) is 10.6 Å². The number of hydrogen-bond donors (Lipinski definition) is 1. The summed E-state index contributed by atoms with van der Waals surface area (Å²) in [5.41, 5.74) is 10.4. The number of benzene rings is 2. The van der Waals surface area contributed by atoms with E-state index in [1.165, 1.54) is 11.1 Å². The lowest BCUT2D eigenvalue weighted by molar-refractivity contribution is -0.0951. The topological polar surface area (TPSA) is 72.6 Å². The minimum atomic E-state index is -0.436. The number of rotatable bonds is 5. The molecule has 0 aliphatic carbocycles. The molecule has 0 saturated heterocycles. The van der Waals surface area contributed by atoms with E-state index in [-0.39, 0.29) is 12.6 Å². The Hall–Kier alpha value is -2.50. The molecule has 2 aromatic carbocycles. The number of nitrogens with zero attached hydrogens (tertiary/aromatic N) is 1. The highest BCUT2D eigenvalue weighted by Gasteiger charge is 2.36. The molecule has 24 heavy (non-hydrogen) atoms. The normalized spacial score (nSPS) is 14.9. The van der Waals surface area contributed by atoms with Gasteiger partial charge in [-0.15, -0.1) is 5.06 Å². The standard InChI is InChI=1S/C19H20N2O3/c1-12-7-8-14(9-13(12)2)10-15(20)11-24-21-18(22)16-5-3-4-6-17(16)19(21)23/h3-9,15H,10-11,20H2,1-2H3. The van der Waals surface area contributed by atoms with Crippen molar-refractivity contribution >= 4 is 11.8 Å². The van der Waals surface area contributed by atoms with Crippen LogP contribution in [0, 0.1) is 13.8 Å². The lowest BCUT2D eigenvalue weighted by atomic mass is 10.0. The molecule has 2 aromatic rings. The van der Waals surface area contributed by atoms with Gasteiger partial charge >= 0.3 is 0 Å². The van der Waals surface area contributed by atoms with Crippen LogP contribution in [0.4, 0.5) is 0 Å². The van der Waals surface area contributed by atoms with Crippen LogP contribution in [0.5, 0.6) is 0 Å². The van der Waals surface area contributed by atoms with Gasteiger partial charge in [0.1, 0.15) is 0 Å². The highest BCUT2D eigenvalue weighted by atomic mass is 16.7. The average molecular weight is 324 g/mol. The van der Waals surface area contributed by atoms with Gasteiger partial charge < -0.3 is 5.73 Å². The van der Waals surface area contributed by atoms with Crippen molar-refractivity contribution in [2.24, 2.45) is 5.73 Å². The van der Waals surface area contributed by atoms with Crippen LogP contribution < -0.4 is 5.73 Å². The summed E-state index contributed by atoms with van der Waals surface area (Å²) in [6, 6.07) is 12.6. The van der Waals surface area contributed by atoms with Crippen LogP contribution in [-0.2, 0) is 11.3 Å². The molecule has 0 saturated carbocycles. The minimum Gasteiger partial charge on any atom is -0.325 e. The monoisotopic (exact) mass is 324 g/mol. The third kappa shape index (κ3) is 3.09. The number of imide groups is 1. The van der Waals surface area contributed by atoms with Gasteiger partial charge in [0.25, 0.3) is 11.8 Å². The first-order valence-electron chi connectivity index (χ1n) is 7.90. The molecular formula is C19H20N2O3. The molecule has 1 atom stereocenters. The van der Waals surface area contributed by atoms with E-state index in [1.807, 2.05) is 6.07 Å². The molecule has 2 N–H and O–H groups in total. The smallest absolute Gasteiger partial charge is 0.285 e. The number of fused-ring (bicyclic) bond motifs is 1. The van der Waals surface area contributed by atoms with E-state index in [4.69, 9.17) is 10.6 Å². The summed E-state index contributed by atoms with van der Waals surface area (Å²) in [6.07, 6.45) is 0.615. The highest BCUT2D eigenvalue weighted by molar-refractivity contribution is 6.20. The van der Waals surface area contributed by atoms with Crippen LogP contribution >= 0.6 is 0 Å². The molecule has 2 amide bonds. The van der Waals surface area contributed by atoms with Crippen molar-refractivity contribution < 1.29 is 14.4 Å². The summed E-state index contributed by atoms with van der Waals surface area (Å²) < 4.78 is 0. The molecule has 5 nitrogen and oxygen atoms in total. The van der Waals surface area contributed by atoms with Crippen molar-refractivity contribution in [3.63, 3.8) is 0 Å². The highest BCUT2D eigenvalue weighted by Crippen LogP contribution is 2.22. The molecular weight excluding hydrogens is 304 g/mol. The maximum atomic E-state index is 12.2. The molecule has 124 valence electrons. The second kappa shape index (κ2) is 6.55. The zero-order valence-electron chi connectivity index (χ0n) is 13.8. The first-order chi connectivity index (χ1) is 11.5. The van der Waals surface area contributed by atoms with E-state index < -0.39 is 11.8 Å². The van der Waals surface area contributed by atoms with Crippen molar-refractivity contribution in [2.45, 2.75) is 26.3 Å². The zero-order chi connectivity index (χ0) is 17.3. The molecule has 0 spiro atoms. The van der Waals surface area contributed by atoms with Crippen molar-refractivity contribution in [1.29, 1.82) is 0 Å². The Kier molecular flexibility index (Phi) is 4.46. The molecule has 1 unspecified atom stereocenters. The van der Waals surface area contributed by atoms with Crippen molar-refractivity contribution in [2.75, 3.05) is 6.61 Å². The van der Waals surface area contributed by atoms with Crippen LogP contribution in [0.1, 0.15) is 37.4 Å². The Balaban J connectivity index is 1.61. The molecule has 0 fully saturated rings. The van der Waals surface area contributed by atoms with E-state index in [9.17, 15) is 9.59 Å². The fraction of sp³-hybridized carbons (Fsp3) is 0.263. The van der Waals surface area contributed by atoms with Crippen LogP contribution in [-0.4, -0.2) is 29.5 Å². The van der Waals surface area contributed by atoms with Gasteiger partial charge in [-0.1, -0.05) is 30.3 Å². The van der Waals surface area contributed by atoms with Crippen LogP contribution in [0.3, 0.4) is 0 Å². The third-order valence-corrected chi connectivity index (χ3v) is 4.24. The van der Waals surface area contributed by atoms with Gasteiger partial charge in [-0.25, -0.2) is 0 Å². The van der Waals surface area contributed by atoms with Gasteiger partial charge in [0, 0.05) is 6.04 Å². The number of amides is 2. The molecule has 0 bridgehead atoms. The molecule has 1 heterocycles. The van der Waals surface area contributed by atoms with Crippen LogP contribution in [0.2, 0.25) is 0 Å². The van der Waals surface area contributed by atoms with E-state index >= 15 is 0 Å². The molecule has 1 aliphatic rings. The predicted molar refractivity (Wildman–Crippen MR) is 90.5 cm³/mol. The maximum Gasteiger partial charge on any atom is 0.285 e. The Labute approximate surface area is 141 Å². The van der Waals surface area contributed by atoms with Crippen molar-refractivity contribution in [1.82, 2.24) is 5.06 Å². The summed E-state index contributed by atoms with van der Waals surface area (Å²) in [5.74, 6) is -0.872. The SMILES string of the molecule is Cc1ccc(CC(N)CON2C(=O)c3ccccc3C2=O)cc1C. The maximum absolute atomic E-state index is 12.2. The summed E-state index contributed by atoms with van der Waals surface area (Å²) in [4.78, 5) is 29.8. The van der Waals surface area contributed by atoms with Crippen molar-refractivity contribution in [3.05, 3.63) is 70.3 Å². The molecule has 1 aliphatic heterocycles. The summed E-state index contributed by atoms with van der Waals surface area (Å²) in [6.45, 7) is 4.21. The first-order valence-corrected chi connectivity index (χ1v) is 7.90.